The maximum Gasteiger partial charge on any atom is 0.279 e. The van der Waals surface area contributed by atoms with E-state index in [-0.39, 0.29) is 6.04 Å². The highest BCUT2D eigenvalue weighted by molar-refractivity contribution is 7.87. The van der Waals surface area contributed by atoms with Crippen LogP contribution in [0.1, 0.15) is 39.0 Å². The lowest BCUT2D eigenvalue weighted by atomic mass is 10.1. The minimum atomic E-state index is -3.27. The van der Waals surface area contributed by atoms with Crippen LogP contribution in [-0.2, 0) is 10.2 Å². The number of hydrogen-bond donors (Lipinski definition) is 2. The summed E-state index contributed by atoms with van der Waals surface area (Å²) in [5.74, 6) is 0.580. The second-order valence-corrected chi connectivity index (χ2v) is 7.07. The third-order valence-electron chi connectivity index (χ3n) is 3.76. The molecule has 1 atom stereocenters. The third kappa shape index (κ3) is 3.91. The normalized spacial score (nSPS) is 26.4. The molecule has 1 saturated carbocycles. The average Bonchev–Trinajstić information content (AvgIpc) is 3.18. The Kier molecular flexibility index (Phi) is 5.00. The van der Waals surface area contributed by atoms with Crippen molar-refractivity contribution in [1.29, 1.82) is 0 Å². The first-order valence-electron chi connectivity index (χ1n) is 7.10. The maximum atomic E-state index is 12.3. The van der Waals surface area contributed by atoms with E-state index in [0.29, 0.717) is 19.0 Å². The zero-order valence-corrected chi connectivity index (χ0v) is 12.0. The van der Waals surface area contributed by atoms with Gasteiger partial charge in [-0.2, -0.15) is 12.7 Å². The van der Waals surface area contributed by atoms with Crippen molar-refractivity contribution in [2.75, 3.05) is 26.2 Å². The van der Waals surface area contributed by atoms with Gasteiger partial charge in [0, 0.05) is 25.7 Å². The highest BCUT2D eigenvalue weighted by Crippen LogP contribution is 2.28. The fourth-order valence-corrected chi connectivity index (χ4v) is 3.99. The molecule has 2 N–H and O–H groups in total. The van der Waals surface area contributed by atoms with E-state index in [1.165, 1.54) is 12.8 Å². The Labute approximate surface area is 110 Å². The smallest absolute Gasteiger partial charge is 0.279 e. The van der Waals surface area contributed by atoms with Gasteiger partial charge in [-0.1, -0.05) is 13.3 Å². The minimum Gasteiger partial charge on any atom is -0.315 e. The lowest BCUT2D eigenvalue weighted by Crippen LogP contribution is -2.52. The molecule has 106 valence electrons. The van der Waals surface area contributed by atoms with E-state index in [4.69, 9.17) is 0 Å². The molecule has 0 aromatic heterocycles. The van der Waals surface area contributed by atoms with Crippen molar-refractivity contribution in [3.8, 4) is 0 Å². The highest BCUT2D eigenvalue weighted by atomic mass is 32.2. The average molecular weight is 275 g/mol. The van der Waals surface area contributed by atoms with E-state index >= 15 is 0 Å². The topological polar surface area (TPSA) is 61.4 Å². The standard InChI is InChI=1S/C12H25N3O2S/c1-2-13-10-12-5-3-4-8-15(12)18(16,17)14-9-11-6-7-11/h11-14H,2-10H2,1H3. The van der Waals surface area contributed by atoms with Gasteiger partial charge >= 0.3 is 0 Å². The molecule has 0 amide bonds. The monoisotopic (exact) mass is 275 g/mol. The van der Waals surface area contributed by atoms with Crippen LogP contribution in [0.25, 0.3) is 0 Å². The van der Waals surface area contributed by atoms with Gasteiger partial charge in [0.15, 0.2) is 0 Å². The van der Waals surface area contributed by atoms with Crippen molar-refractivity contribution in [2.45, 2.75) is 45.1 Å². The molecular weight excluding hydrogens is 250 g/mol. The van der Waals surface area contributed by atoms with Gasteiger partial charge in [-0.05, 0) is 38.1 Å². The van der Waals surface area contributed by atoms with E-state index in [1.807, 2.05) is 6.92 Å². The summed E-state index contributed by atoms with van der Waals surface area (Å²) in [5, 5.41) is 3.26. The van der Waals surface area contributed by atoms with Gasteiger partial charge in [-0.3, -0.25) is 0 Å². The Morgan fingerprint density at radius 3 is 2.61 bits per heavy atom. The molecule has 2 rings (SSSR count). The van der Waals surface area contributed by atoms with Crippen molar-refractivity contribution in [2.24, 2.45) is 5.92 Å². The number of hydrogen-bond acceptors (Lipinski definition) is 3. The van der Waals surface area contributed by atoms with Crippen LogP contribution in [0.5, 0.6) is 0 Å². The number of rotatable bonds is 7. The molecule has 1 unspecified atom stereocenters. The van der Waals surface area contributed by atoms with Gasteiger partial charge < -0.3 is 5.32 Å². The minimum absolute atomic E-state index is 0.121. The molecule has 0 bridgehead atoms. The van der Waals surface area contributed by atoms with E-state index < -0.39 is 10.2 Å². The molecule has 1 saturated heterocycles. The molecule has 0 aromatic carbocycles. The maximum absolute atomic E-state index is 12.3. The molecule has 1 heterocycles. The zero-order valence-electron chi connectivity index (χ0n) is 11.2. The molecule has 0 spiro atoms. The van der Waals surface area contributed by atoms with E-state index in [2.05, 4.69) is 10.0 Å². The molecule has 1 aliphatic heterocycles. The summed E-state index contributed by atoms with van der Waals surface area (Å²) in [7, 11) is -3.27. The second kappa shape index (κ2) is 6.32. The van der Waals surface area contributed by atoms with Gasteiger partial charge in [-0.25, -0.2) is 4.72 Å². The van der Waals surface area contributed by atoms with Crippen molar-refractivity contribution >= 4 is 10.2 Å². The van der Waals surface area contributed by atoms with Gasteiger partial charge in [0.25, 0.3) is 10.2 Å². The summed E-state index contributed by atoms with van der Waals surface area (Å²) in [6, 6.07) is 0.121. The molecule has 0 aromatic rings. The highest BCUT2D eigenvalue weighted by Gasteiger charge is 2.33. The van der Waals surface area contributed by atoms with Crippen LogP contribution >= 0.6 is 0 Å². The Morgan fingerprint density at radius 1 is 1.17 bits per heavy atom. The zero-order chi connectivity index (χ0) is 13.0. The summed E-state index contributed by atoms with van der Waals surface area (Å²) in [6.45, 7) is 4.98. The fraction of sp³-hybridized carbons (Fsp3) is 1.00. The third-order valence-corrected chi connectivity index (χ3v) is 5.39. The Hall–Kier alpha value is -0.170. The summed E-state index contributed by atoms with van der Waals surface area (Å²) < 4.78 is 29.0. The lowest BCUT2D eigenvalue weighted by Gasteiger charge is -2.34. The first kappa shape index (κ1) is 14.2. The molecule has 1 aliphatic carbocycles. The van der Waals surface area contributed by atoms with Crippen LogP contribution in [0.4, 0.5) is 0 Å². The van der Waals surface area contributed by atoms with Crippen molar-refractivity contribution in [3.63, 3.8) is 0 Å². The van der Waals surface area contributed by atoms with Crippen LogP contribution in [0, 0.1) is 5.92 Å². The molecule has 2 aliphatic rings. The van der Waals surface area contributed by atoms with E-state index in [0.717, 1.165) is 32.4 Å². The Morgan fingerprint density at radius 2 is 1.94 bits per heavy atom. The summed E-state index contributed by atoms with van der Waals surface area (Å²) in [5.41, 5.74) is 0. The quantitative estimate of drug-likeness (QED) is 0.719. The van der Waals surface area contributed by atoms with E-state index in [1.54, 1.807) is 4.31 Å². The van der Waals surface area contributed by atoms with Gasteiger partial charge in [0.05, 0.1) is 0 Å². The molecule has 5 nitrogen and oxygen atoms in total. The molecule has 6 heteroatoms. The van der Waals surface area contributed by atoms with Gasteiger partial charge in [0.1, 0.15) is 0 Å². The van der Waals surface area contributed by atoms with Crippen LogP contribution in [0.3, 0.4) is 0 Å². The van der Waals surface area contributed by atoms with Crippen molar-refractivity contribution in [3.05, 3.63) is 0 Å². The van der Waals surface area contributed by atoms with E-state index in [9.17, 15) is 8.42 Å². The Balaban J connectivity index is 1.92. The predicted octanol–water partition coefficient (Wildman–Crippen LogP) is 0.695. The summed E-state index contributed by atoms with van der Waals surface area (Å²) in [4.78, 5) is 0. The van der Waals surface area contributed by atoms with Gasteiger partial charge in [0.2, 0.25) is 0 Å². The first-order valence-corrected chi connectivity index (χ1v) is 8.54. The molecule has 18 heavy (non-hydrogen) atoms. The Bertz CT molecular complexity index is 354. The predicted molar refractivity (Wildman–Crippen MR) is 72.5 cm³/mol. The molecule has 2 fully saturated rings. The largest absolute Gasteiger partial charge is 0.315 e. The molecule has 0 radical (unpaired) electrons. The summed E-state index contributed by atoms with van der Waals surface area (Å²) in [6.07, 6.45) is 5.42. The summed E-state index contributed by atoms with van der Waals surface area (Å²) >= 11 is 0. The molecular formula is C12H25N3O2S. The number of piperidine rings is 1. The number of likely N-dealkylation sites (N-methyl/N-ethyl adjacent to an activating group) is 1. The van der Waals surface area contributed by atoms with Crippen LogP contribution in [-0.4, -0.2) is 44.9 Å². The second-order valence-electron chi connectivity index (χ2n) is 5.36. The first-order chi connectivity index (χ1) is 8.63. The van der Waals surface area contributed by atoms with Crippen molar-refractivity contribution < 1.29 is 8.42 Å². The number of nitrogens with one attached hydrogen (secondary N) is 2. The van der Waals surface area contributed by atoms with Crippen LogP contribution in [0.2, 0.25) is 0 Å². The number of nitrogens with zero attached hydrogens (tertiary/aromatic N) is 1. The van der Waals surface area contributed by atoms with Crippen LogP contribution < -0.4 is 10.0 Å². The SMILES string of the molecule is CCNCC1CCCCN1S(=O)(=O)NCC1CC1. The van der Waals surface area contributed by atoms with Crippen LogP contribution in [0.15, 0.2) is 0 Å². The van der Waals surface area contributed by atoms with Crippen molar-refractivity contribution in [1.82, 2.24) is 14.3 Å². The fourth-order valence-electron chi connectivity index (χ4n) is 2.43. The van der Waals surface area contributed by atoms with Gasteiger partial charge in [-0.15, -0.1) is 0 Å². The lowest BCUT2D eigenvalue weighted by molar-refractivity contribution is 0.243.